The van der Waals surface area contributed by atoms with Crippen molar-refractivity contribution in [2.24, 2.45) is 0 Å². The molecule has 0 radical (unpaired) electrons. The van der Waals surface area contributed by atoms with E-state index in [0.29, 0.717) is 25.1 Å². The Bertz CT molecular complexity index is 1220. The van der Waals surface area contributed by atoms with Crippen LogP contribution in [0.4, 0.5) is 0 Å². The molecule has 39 heavy (non-hydrogen) atoms. The Kier molecular flexibility index (Phi) is 10.8. The molecule has 2 amide bonds. The molecule has 10 nitrogen and oxygen atoms in total. The van der Waals surface area contributed by atoms with Crippen LogP contribution < -0.4 is 10.8 Å². The number of benzene rings is 2. The summed E-state index contributed by atoms with van der Waals surface area (Å²) in [5.41, 5.74) is 5.23. The highest BCUT2D eigenvalue weighted by Gasteiger charge is 2.32. The van der Waals surface area contributed by atoms with Gasteiger partial charge < -0.3 is 19.9 Å². The van der Waals surface area contributed by atoms with Gasteiger partial charge in [0.1, 0.15) is 5.01 Å². The molecule has 0 spiro atoms. The minimum Gasteiger partial charge on any atom is -0.392 e. The molecule has 0 bridgehead atoms. The monoisotopic (exact) mass is 572 g/mol. The van der Waals surface area contributed by atoms with E-state index >= 15 is 0 Å². The number of carbonyl (C=O) groups is 2. The van der Waals surface area contributed by atoms with E-state index in [-0.39, 0.29) is 37.6 Å². The average Bonchev–Trinajstić information content (AvgIpc) is 3.40. The molecular weight excluding hydrogens is 540 g/mol. The standard InChI is InChI=1S/C27H32N4O6S2/c1-17-29-30-27(39-17)38-16-22-13-23(20-9-7-19(15-32)8-10-20)37-26(36-22)21-11-5-18(6-12-21)14-28-24(33)3-2-4-25(34)31-35/h5-12,22-23,26,32,35H,2-4,13-16H2,1H3,(H,28,33)(H,31,34)/t22-,23+,26+/m0/s1. The molecule has 12 heteroatoms. The maximum absolute atomic E-state index is 12.0. The molecule has 1 aliphatic heterocycles. The minimum atomic E-state index is -0.565. The van der Waals surface area contributed by atoms with Crippen LogP contribution in [0.1, 0.15) is 65.3 Å². The molecule has 1 aliphatic rings. The lowest BCUT2D eigenvalue weighted by molar-refractivity contribution is -0.245. The summed E-state index contributed by atoms with van der Waals surface area (Å²) in [6.45, 7) is 2.28. The minimum absolute atomic E-state index is 0.00819. The van der Waals surface area contributed by atoms with Crippen molar-refractivity contribution in [3.05, 3.63) is 75.8 Å². The van der Waals surface area contributed by atoms with Crippen LogP contribution in [0.25, 0.3) is 0 Å². The molecule has 4 rings (SSSR count). The van der Waals surface area contributed by atoms with Crippen LogP contribution in [0.2, 0.25) is 0 Å². The summed E-state index contributed by atoms with van der Waals surface area (Å²) in [4.78, 5) is 23.1. The highest BCUT2D eigenvalue weighted by atomic mass is 32.2. The van der Waals surface area contributed by atoms with E-state index in [2.05, 4.69) is 15.5 Å². The number of thioether (sulfide) groups is 1. The lowest BCUT2D eigenvalue weighted by Gasteiger charge is -2.36. The Labute approximate surface area is 235 Å². The van der Waals surface area contributed by atoms with Crippen molar-refractivity contribution < 1.29 is 29.4 Å². The maximum Gasteiger partial charge on any atom is 0.243 e. The van der Waals surface area contributed by atoms with E-state index in [1.54, 1.807) is 28.6 Å². The van der Waals surface area contributed by atoms with Crippen LogP contribution in [0.15, 0.2) is 52.9 Å². The van der Waals surface area contributed by atoms with Gasteiger partial charge in [-0.05, 0) is 30.0 Å². The fourth-order valence-electron chi connectivity index (χ4n) is 4.07. The maximum atomic E-state index is 12.0. The second kappa shape index (κ2) is 14.5. The molecule has 1 aromatic heterocycles. The second-order valence-corrected chi connectivity index (χ2v) is 11.6. The van der Waals surface area contributed by atoms with Gasteiger partial charge in [0.05, 0.1) is 18.8 Å². The van der Waals surface area contributed by atoms with Gasteiger partial charge in [-0.1, -0.05) is 71.6 Å². The van der Waals surface area contributed by atoms with Gasteiger partial charge in [-0.3, -0.25) is 14.8 Å². The molecule has 3 aromatic rings. The third-order valence-corrected chi connectivity index (χ3v) is 8.29. The predicted molar refractivity (Wildman–Crippen MR) is 146 cm³/mol. The number of hydrogen-bond donors (Lipinski definition) is 4. The molecule has 2 aromatic carbocycles. The number of hydroxylamine groups is 1. The molecule has 208 valence electrons. The number of ether oxygens (including phenoxy) is 2. The summed E-state index contributed by atoms with van der Waals surface area (Å²) in [7, 11) is 0. The highest BCUT2D eigenvalue weighted by molar-refractivity contribution is 8.01. The first-order chi connectivity index (χ1) is 18.9. The zero-order valence-corrected chi connectivity index (χ0v) is 23.2. The smallest absolute Gasteiger partial charge is 0.243 e. The lowest BCUT2D eigenvalue weighted by atomic mass is 10.0. The Hall–Kier alpha value is -2.87. The van der Waals surface area contributed by atoms with E-state index in [4.69, 9.17) is 14.7 Å². The number of nitrogens with one attached hydrogen (secondary N) is 2. The quantitative estimate of drug-likeness (QED) is 0.144. The number of hydrogen-bond acceptors (Lipinski definition) is 10. The van der Waals surface area contributed by atoms with Crippen LogP contribution in [0, 0.1) is 6.92 Å². The number of aliphatic hydroxyl groups excluding tert-OH is 1. The van der Waals surface area contributed by atoms with Gasteiger partial charge in [-0.25, -0.2) is 5.48 Å². The molecule has 0 unspecified atom stereocenters. The van der Waals surface area contributed by atoms with Crippen LogP contribution in [0.3, 0.4) is 0 Å². The van der Waals surface area contributed by atoms with Crippen molar-refractivity contribution in [3.63, 3.8) is 0 Å². The Morgan fingerprint density at radius 2 is 1.69 bits per heavy atom. The molecule has 4 N–H and O–H groups in total. The van der Waals surface area contributed by atoms with E-state index in [1.807, 2.05) is 55.5 Å². The van der Waals surface area contributed by atoms with Gasteiger partial charge in [0.15, 0.2) is 10.6 Å². The fraction of sp³-hybridized carbons (Fsp3) is 0.407. The molecule has 1 saturated heterocycles. The summed E-state index contributed by atoms with van der Waals surface area (Å²) in [5.74, 6) is 0.0416. The van der Waals surface area contributed by atoms with Crippen molar-refractivity contribution in [2.45, 2.75) is 68.6 Å². The van der Waals surface area contributed by atoms with E-state index < -0.39 is 12.2 Å². The van der Waals surface area contributed by atoms with Crippen LogP contribution >= 0.6 is 23.1 Å². The fourth-order valence-corrected chi connectivity index (χ4v) is 5.93. The van der Waals surface area contributed by atoms with Gasteiger partial charge in [0.25, 0.3) is 0 Å². The van der Waals surface area contributed by atoms with Gasteiger partial charge in [-0.2, -0.15) is 0 Å². The zero-order valence-electron chi connectivity index (χ0n) is 21.5. The second-order valence-electron chi connectivity index (χ2n) is 9.15. The van der Waals surface area contributed by atoms with Crippen LogP contribution in [-0.2, 0) is 32.2 Å². The topological polar surface area (TPSA) is 143 Å². The van der Waals surface area contributed by atoms with Gasteiger partial charge >= 0.3 is 0 Å². The summed E-state index contributed by atoms with van der Waals surface area (Å²) in [6.07, 6.45) is 0.513. The zero-order chi connectivity index (χ0) is 27.6. The van der Waals surface area contributed by atoms with Crippen LogP contribution in [0.5, 0.6) is 0 Å². The number of carbonyl (C=O) groups excluding carboxylic acids is 2. The predicted octanol–water partition coefficient (Wildman–Crippen LogP) is 3.97. The SMILES string of the molecule is Cc1nnc(SC[C@@H]2C[C@H](c3ccc(CO)cc3)O[C@H](c3ccc(CNC(=O)CCCC(=O)NO)cc3)O2)s1. The van der Waals surface area contributed by atoms with Gasteiger partial charge in [-0.15, -0.1) is 10.2 Å². The van der Waals surface area contributed by atoms with Crippen molar-refractivity contribution in [3.8, 4) is 0 Å². The molecule has 0 saturated carbocycles. The molecule has 0 aliphatic carbocycles. The van der Waals surface area contributed by atoms with Gasteiger partial charge in [0.2, 0.25) is 11.8 Å². The first-order valence-corrected chi connectivity index (χ1v) is 14.5. The highest BCUT2D eigenvalue weighted by Crippen LogP contribution is 2.39. The number of amides is 2. The average molecular weight is 573 g/mol. The third-order valence-electron chi connectivity index (χ3n) is 6.19. The number of aromatic nitrogens is 2. The van der Waals surface area contributed by atoms with Crippen molar-refractivity contribution >= 4 is 34.9 Å². The first-order valence-electron chi connectivity index (χ1n) is 12.7. The number of rotatable bonds is 12. The van der Waals surface area contributed by atoms with Crippen molar-refractivity contribution in [1.82, 2.24) is 21.0 Å². The van der Waals surface area contributed by atoms with E-state index in [0.717, 1.165) is 31.6 Å². The molecular formula is C27H32N4O6S2. The summed E-state index contributed by atoms with van der Waals surface area (Å²) in [6, 6.07) is 15.5. The molecule has 2 heterocycles. The third kappa shape index (κ3) is 8.82. The van der Waals surface area contributed by atoms with Crippen molar-refractivity contribution in [2.75, 3.05) is 5.75 Å². The molecule has 3 atom stereocenters. The van der Waals surface area contributed by atoms with E-state index in [1.165, 1.54) is 0 Å². The largest absolute Gasteiger partial charge is 0.392 e. The van der Waals surface area contributed by atoms with Gasteiger partial charge in [0, 0.05) is 37.1 Å². The van der Waals surface area contributed by atoms with Crippen molar-refractivity contribution in [1.29, 1.82) is 0 Å². The number of aryl methyl sites for hydroxylation is 1. The van der Waals surface area contributed by atoms with Crippen LogP contribution in [-0.4, -0.2) is 44.2 Å². The Morgan fingerprint density at radius 1 is 1.00 bits per heavy atom. The summed E-state index contributed by atoms with van der Waals surface area (Å²) >= 11 is 3.19. The number of aliphatic hydroxyl groups is 1. The van der Waals surface area contributed by atoms with E-state index in [9.17, 15) is 14.7 Å². The summed E-state index contributed by atoms with van der Waals surface area (Å²) in [5, 5.41) is 30.0. The Morgan fingerprint density at radius 3 is 2.36 bits per heavy atom. The Balaban J connectivity index is 1.38. The number of nitrogens with zero attached hydrogens (tertiary/aromatic N) is 2. The lowest BCUT2D eigenvalue weighted by Crippen LogP contribution is -2.31. The molecule has 1 fully saturated rings. The summed E-state index contributed by atoms with van der Waals surface area (Å²) < 4.78 is 13.7. The normalized spacial score (nSPS) is 19.0. The first kappa shape index (κ1) is 29.1.